The summed E-state index contributed by atoms with van der Waals surface area (Å²) in [6.07, 6.45) is 0. The van der Waals surface area contributed by atoms with Gasteiger partial charge in [0.25, 0.3) is 17.7 Å². The van der Waals surface area contributed by atoms with E-state index in [1.165, 1.54) is 31.4 Å². The summed E-state index contributed by atoms with van der Waals surface area (Å²) in [6.45, 7) is 0. The van der Waals surface area contributed by atoms with Gasteiger partial charge in [0.1, 0.15) is 10.7 Å². The summed E-state index contributed by atoms with van der Waals surface area (Å²) in [4.78, 5) is 50.8. The first kappa shape index (κ1) is 24.0. The molecular weight excluding hydrogens is 493 g/mol. The summed E-state index contributed by atoms with van der Waals surface area (Å²) in [5, 5.41) is 5.48. The van der Waals surface area contributed by atoms with Gasteiger partial charge in [-0.1, -0.05) is 41.4 Å². The van der Waals surface area contributed by atoms with Gasteiger partial charge in [-0.2, -0.15) is 0 Å². The van der Waals surface area contributed by atoms with Crippen LogP contribution < -0.4 is 15.5 Å². The van der Waals surface area contributed by atoms with Crippen molar-refractivity contribution in [1.82, 2.24) is 0 Å². The number of benzene rings is 3. The number of nitrogens with zero attached hydrogens (tertiary/aromatic N) is 1. The van der Waals surface area contributed by atoms with Crippen molar-refractivity contribution in [2.75, 3.05) is 22.6 Å². The van der Waals surface area contributed by atoms with Crippen LogP contribution in [0.25, 0.3) is 0 Å². The van der Waals surface area contributed by atoms with E-state index in [4.69, 9.17) is 23.2 Å². The molecule has 0 aromatic heterocycles. The Morgan fingerprint density at radius 3 is 2.23 bits per heavy atom. The fraction of sp³-hybridized carbons (Fsp3) is 0.0400. The Morgan fingerprint density at radius 1 is 0.829 bits per heavy atom. The van der Waals surface area contributed by atoms with E-state index in [1.54, 1.807) is 48.5 Å². The highest BCUT2D eigenvalue weighted by Crippen LogP contribution is 2.34. The molecule has 3 amide bonds. The lowest BCUT2D eigenvalue weighted by Gasteiger charge is -2.16. The van der Waals surface area contributed by atoms with Crippen LogP contribution in [0.4, 0.5) is 17.1 Å². The predicted molar refractivity (Wildman–Crippen MR) is 133 cm³/mol. The minimum Gasteiger partial charge on any atom is -0.465 e. The van der Waals surface area contributed by atoms with Crippen molar-refractivity contribution < 1.29 is 23.9 Å². The Kier molecular flexibility index (Phi) is 6.86. The van der Waals surface area contributed by atoms with Gasteiger partial charge >= 0.3 is 5.97 Å². The summed E-state index contributed by atoms with van der Waals surface area (Å²) in [6, 6.07) is 18.9. The number of rotatable bonds is 6. The number of hydrogen-bond acceptors (Lipinski definition) is 6. The van der Waals surface area contributed by atoms with E-state index in [1.807, 2.05) is 0 Å². The third-order valence-electron chi connectivity index (χ3n) is 5.08. The van der Waals surface area contributed by atoms with E-state index in [0.29, 0.717) is 16.9 Å². The van der Waals surface area contributed by atoms with E-state index in [0.717, 1.165) is 4.90 Å². The van der Waals surface area contributed by atoms with Gasteiger partial charge in [-0.3, -0.25) is 14.4 Å². The quantitative estimate of drug-likeness (QED) is 0.364. The summed E-state index contributed by atoms with van der Waals surface area (Å²) in [7, 11) is 1.28. The van der Waals surface area contributed by atoms with Crippen molar-refractivity contribution in [2.45, 2.75) is 0 Å². The first-order valence-corrected chi connectivity index (χ1v) is 11.0. The second-order valence-electron chi connectivity index (χ2n) is 7.31. The monoisotopic (exact) mass is 509 g/mol. The largest absolute Gasteiger partial charge is 0.465 e. The van der Waals surface area contributed by atoms with Crippen molar-refractivity contribution in [3.05, 3.63) is 99.7 Å². The molecule has 4 rings (SSSR count). The van der Waals surface area contributed by atoms with Crippen molar-refractivity contribution >= 4 is 64.0 Å². The zero-order valence-electron chi connectivity index (χ0n) is 18.2. The second-order valence-corrected chi connectivity index (χ2v) is 8.10. The van der Waals surface area contributed by atoms with E-state index < -0.39 is 23.7 Å². The zero-order valence-corrected chi connectivity index (χ0v) is 19.7. The number of halogens is 2. The second kappa shape index (κ2) is 10.0. The van der Waals surface area contributed by atoms with E-state index >= 15 is 0 Å². The number of methoxy groups -OCH3 is 1. The SMILES string of the molecule is COC(=O)c1ccc(NC(=O)c2cccc(NC3=C(Cl)C(=O)N(c4ccccc4Cl)C3=O)c2)cc1. The molecule has 8 nitrogen and oxygen atoms in total. The number of imide groups is 1. The molecule has 0 atom stereocenters. The molecule has 0 unspecified atom stereocenters. The average Bonchev–Trinajstić information content (AvgIpc) is 3.07. The molecule has 3 aromatic carbocycles. The van der Waals surface area contributed by atoms with Gasteiger partial charge in [0, 0.05) is 16.9 Å². The Morgan fingerprint density at radius 2 is 1.54 bits per heavy atom. The third kappa shape index (κ3) is 4.89. The van der Waals surface area contributed by atoms with Crippen LogP contribution in [-0.4, -0.2) is 30.8 Å². The van der Waals surface area contributed by atoms with Crippen LogP contribution in [0, 0.1) is 0 Å². The minimum absolute atomic E-state index is 0.132. The van der Waals surface area contributed by atoms with Crippen LogP contribution >= 0.6 is 23.2 Å². The smallest absolute Gasteiger partial charge is 0.337 e. The van der Waals surface area contributed by atoms with Crippen LogP contribution in [0.3, 0.4) is 0 Å². The summed E-state index contributed by atoms with van der Waals surface area (Å²) in [5.74, 6) is -2.29. The van der Waals surface area contributed by atoms with E-state index in [9.17, 15) is 19.2 Å². The lowest BCUT2D eigenvalue weighted by atomic mass is 10.1. The highest BCUT2D eigenvalue weighted by atomic mass is 35.5. The molecule has 1 aliphatic heterocycles. The summed E-state index contributed by atoms with van der Waals surface area (Å²) >= 11 is 12.3. The van der Waals surface area contributed by atoms with E-state index in [2.05, 4.69) is 15.4 Å². The maximum atomic E-state index is 13.0. The average molecular weight is 510 g/mol. The molecule has 0 bridgehead atoms. The fourth-order valence-corrected chi connectivity index (χ4v) is 3.79. The maximum Gasteiger partial charge on any atom is 0.337 e. The number of para-hydroxylation sites is 1. The lowest BCUT2D eigenvalue weighted by molar-refractivity contribution is -0.120. The molecule has 1 heterocycles. The highest BCUT2D eigenvalue weighted by molar-refractivity contribution is 6.53. The molecule has 2 N–H and O–H groups in total. The molecule has 0 aliphatic carbocycles. The molecule has 0 spiro atoms. The molecule has 0 saturated carbocycles. The fourth-order valence-electron chi connectivity index (χ4n) is 3.36. The van der Waals surface area contributed by atoms with Gasteiger partial charge in [0.2, 0.25) is 0 Å². The highest BCUT2D eigenvalue weighted by Gasteiger charge is 2.39. The Labute approximate surface area is 210 Å². The lowest BCUT2D eigenvalue weighted by Crippen LogP contribution is -2.32. The normalized spacial score (nSPS) is 13.2. The van der Waals surface area contributed by atoms with Crippen molar-refractivity contribution in [2.24, 2.45) is 0 Å². The number of carbonyl (C=O) groups is 4. The van der Waals surface area contributed by atoms with E-state index in [-0.39, 0.29) is 27.0 Å². The van der Waals surface area contributed by atoms with Crippen molar-refractivity contribution in [3.8, 4) is 0 Å². The number of nitrogens with one attached hydrogen (secondary N) is 2. The van der Waals surface area contributed by atoms with Crippen LogP contribution in [0.1, 0.15) is 20.7 Å². The Bertz CT molecular complexity index is 1390. The van der Waals surface area contributed by atoms with Crippen molar-refractivity contribution in [3.63, 3.8) is 0 Å². The molecule has 0 radical (unpaired) electrons. The summed E-state index contributed by atoms with van der Waals surface area (Å²) < 4.78 is 4.65. The Balaban J connectivity index is 1.51. The van der Waals surface area contributed by atoms with Crippen LogP contribution in [0.2, 0.25) is 5.02 Å². The topological polar surface area (TPSA) is 105 Å². The molecule has 0 saturated heterocycles. The molecule has 3 aromatic rings. The van der Waals surface area contributed by atoms with Gasteiger partial charge < -0.3 is 15.4 Å². The first-order chi connectivity index (χ1) is 16.8. The number of amides is 3. The number of anilines is 3. The molecule has 35 heavy (non-hydrogen) atoms. The third-order valence-corrected chi connectivity index (χ3v) is 5.75. The Hall–Kier alpha value is -4.14. The maximum absolute atomic E-state index is 13.0. The van der Waals surface area contributed by atoms with Gasteiger partial charge in [0.05, 0.1) is 23.4 Å². The van der Waals surface area contributed by atoms with Crippen LogP contribution in [0.15, 0.2) is 83.5 Å². The predicted octanol–water partition coefficient (Wildman–Crippen LogP) is 4.81. The van der Waals surface area contributed by atoms with Gasteiger partial charge in [0.15, 0.2) is 0 Å². The number of hydrogen-bond donors (Lipinski definition) is 2. The molecular formula is C25H17Cl2N3O5. The van der Waals surface area contributed by atoms with Gasteiger partial charge in [-0.25, -0.2) is 9.69 Å². The standard InChI is InChI=1S/C25H17Cl2N3O5/c1-35-25(34)14-9-11-16(12-10-14)29-22(31)15-5-4-6-17(13-15)28-21-20(27)23(32)30(24(21)33)19-8-3-2-7-18(19)26/h2-13,28H,1H3,(H,29,31). The summed E-state index contributed by atoms with van der Waals surface area (Å²) in [5.41, 5.74) is 1.55. The number of ether oxygens (including phenoxy) is 1. The molecule has 0 fully saturated rings. The van der Waals surface area contributed by atoms with Crippen LogP contribution in [-0.2, 0) is 14.3 Å². The van der Waals surface area contributed by atoms with Crippen molar-refractivity contribution in [1.29, 1.82) is 0 Å². The molecule has 176 valence electrons. The first-order valence-electron chi connectivity index (χ1n) is 10.2. The van der Waals surface area contributed by atoms with Gasteiger partial charge in [-0.05, 0) is 54.6 Å². The van der Waals surface area contributed by atoms with Gasteiger partial charge in [-0.15, -0.1) is 0 Å². The number of esters is 1. The minimum atomic E-state index is -0.712. The molecule has 1 aliphatic rings. The number of carbonyl (C=O) groups excluding carboxylic acids is 4. The van der Waals surface area contributed by atoms with Crippen LogP contribution in [0.5, 0.6) is 0 Å². The molecule has 10 heteroatoms. The zero-order chi connectivity index (χ0) is 25.1.